The summed E-state index contributed by atoms with van der Waals surface area (Å²) in [7, 11) is 1.51. The molecule has 1 atom stereocenters. The van der Waals surface area contributed by atoms with Crippen LogP contribution in [0.25, 0.3) is 0 Å². The molecule has 1 unspecified atom stereocenters. The predicted molar refractivity (Wildman–Crippen MR) is 45.4 cm³/mol. The Bertz CT molecular complexity index is 170. The zero-order valence-electron chi connectivity index (χ0n) is 7.39. The molecule has 0 aliphatic rings. The Hall–Kier alpha value is -1.26. The Labute approximate surface area is 71.7 Å². The molecule has 0 aromatic heterocycles. The van der Waals surface area contributed by atoms with E-state index >= 15 is 0 Å². The zero-order chi connectivity index (χ0) is 9.56. The van der Waals surface area contributed by atoms with Crippen molar-refractivity contribution in [3.63, 3.8) is 0 Å². The Kier molecular flexibility index (Phi) is 4.83. The van der Waals surface area contributed by atoms with Gasteiger partial charge in [-0.1, -0.05) is 6.92 Å². The number of amides is 3. The van der Waals surface area contributed by atoms with Crippen molar-refractivity contribution in [2.75, 3.05) is 13.6 Å². The lowest BCUT2D eigenvalue weighted by atomic mass is 10.1. The monoisotopic (exact) mass is 173 g/mol. The number of nitrogens with two attached hydrogens (primary N) is 1. The summed E-state index contributed by atoms with van der Waals surface area (Å²) < 4.78 is 0. The van der Waals surface area contributed by atoms with Crippen molar-refractivity contribution in [3.05, 3.63) is 0 Å². The molecule has 0 saturated carbocycles. The fourth-order valence-corrected chi connectivity index (χ4v) is 0.750. The number of hydrogen-bond donors (Lipinski definition) is 3. The summed E-state index contributed by atoms with van der Waals surface area (Å²) in [6.45, 7) is 2.15. The van der Waals surface area contributed by atoms with Crippen LogP contribution in [0, 0.1) is 5.92 Å². The molecule has 5 nitrogen and oxygen atoms in total. The highest BCUT2D eigenvalue weighted by molar-refractivity contribution is 5.78. The van der Waals surface area contributed by atoms with Crippen LogP contribution in [0.1, 0.15) is 13.3 Å². The summed E-state index contributed by atoms with van der Waals surface area (Å²) in [6.07, 6.45) is 0.638. The summed E-state index contributed by atoms with van der Waals surface area (Å²) in [5.41, 5.74) is 5.06. The molecule has 5 heteroatoms. The minimum atomic E-state index is -0.381. The van der Waals surface area contributed by atoms with Gasteiger partial charge < -0.3 is 16.4 Å². The van der Waals surface area contributed by atoms with Crippen LogP contribution in [0.4, 0.5) is 4.79 Å². The van der Waals surface area contributed by atoms with Gasteiger partial charge in [-0.15, -0.1) is 0 Å². The van der Waals surface area contributed by atoms with Gasteiger partial charge in [-0.25, -0.2) is 4.79 Å². The molecule has 0 aliphatic heterocycles. The van der Waals surface area contributed by atoms with Crippen molar-refractivity contribution in [2.24, 2.45) is 11.7 Å². The summed E-state index contributed by atoms with van der Waals surface area (Å²) in [4.78, 5) is 21.4. The van der Waals surface area contributed by atoms with E-state index in [2.05, 4.69) is 10.6 Å². The second kappa shape index (κ2) is 5.40. The second-order valence-corrected chi connectivity index (χ2v) is 2.47. The van der Waals surface area contributed by atoms with Gasteiger partial charge in [0.2, 0.25) is 5.91 Å². The SMILES string of the molecule is CCC(CNC(=O)NC)C(N)=O. The molecule has 0 spiro atoms. The Morgan fingerprint density at radius 3 is 2.42 bits per heavy atom. The minimum absolute atomic E-state index is 0.276. The van der Waals surface area contributed by atoms with E-state index in [1.54, 1.807) is 0 Å². The van der Waals surface area contributed by atoms with Crippen molar-refractivity contribution in [2.45, 2.75) is 13.3 Å². The first-order valence-electron chi connectivity index (χ1n) is 3.86. The van der Waals surface area contributed by atoms with Crippen LogP contribution in [0.3, 0.4) is 0 Å². The van der Waals surface area contributed by atoms with E-state index < -0.39 is 0 Å². The molecule has 70 valence electrons. The maximum atomic E-state index is 10.7. The second-order valence-electron chi connectivity index (χ2n) is 2.47. The van der Waals surface area contributed by atoms with Crippen LogP contribution in [0.2, 0.25) is 0 Å². The van der Waals surface area contributed by atoms with Crippen LogP contribution >= 0.6 is 0 Å². The number of rotatable bonds is 4. The van der Waals surface area contributed by atoms with Crippen molar-refractivity contribution >= 4 is 11.9 Å². The summed E-state index contributed by atoms with van der Waals surface area (Å²) in [6, 6.07) is -0.297. The molecule has 3 amide bonds. The molecule has 0 rings (SSSR count). The predicted octanol–water partition coefficient (Wildman–Crippen LogP) is -0.573. The zero-order valence-corrected chi connectivity index (χ0v) is 7.39. The van der Waals surface area contributed by atoms with Gasteiger partial charge in [-0.05, 0) is 6.42 Å². The van der Waals surface area contributed by atoms with E-state index in [0.717, 1.165) is 0 Å². The topological polar surface area (TPSA) is 84.2 Å². The first kappa shape index (κ1) is 10.7. The van der Waals surface area contributed by atoms with Crippen LogP contribution in [-0.4, -0.2) is 25.5 Å². The fraction of sp³-hybridized carbons (Fsp3) is 0.714. The van der Waals surface area contributed by atoms with E-state index in [1.165, 1.54) is 7.05 Å². The normalized spacial score (nSPS) is 11.8. The maximum Gasteiger partial charge on any atom is 0.314 e. The first-order chi connectivity index (χ1) is 5.61. The number of carbonyl (C=O) groups excluding carboxylic acids is 2. The molecular weight excluding hydrogens is 158 g/mol. The Morgan fingerprint density at radius 1 is 1.50 bits per heavy atom. The highest BCUT2D eigenvalue weighted by Gasteiger charge is 2.12. The number of carbonyl (C=O) groups is 2. The summed E-state index contributed by atoms with van der Waals surface area (Å²) >= 11 is 0. The number of urea groups is 1. The summed E-state index contributed by atoms with van der Waals surface area (Å²) in [5.74, 6) is -0.656. The average Bonchev–Trinajstić information content (AvgIpc) is 2.04. The van der Waals surface area contributed by atoms with E-state index in [-0.39, 0.29) is 17.9 Å². The van der Waals surface area contributed by atoms with Crippen molar-refractivity contribution < 1.29 is 9.59 Å². The summed E-state index contributed by atoms with van der Waals surface area (Å²) in [5, 5.41) is 4.89. The molecule has 4 N–H and O–H groups in total. The Morgan fingerprint density at radius 2 is 2.08 bits per heavy atom. The van der Waals surface area contributed by atoms with Gasteiger partial charge in [0.25, 0.3) is 0 Å². The molecule has 0 saturated heterocycles. The molecule has 0 aromatic rings. The lowest BCUT2D eigenvalue weighted by molar-refractivity contribution is -0.121. The van der Waals surface area contributed by atoms with Crippen LogP contribution in [-0.2, 0) is 4.79 Å². The van der Waals surface area contributed by atoms with Gasteiger partial charge in [0.05, 0.1) is 5.92 Å². The third kappa shape index (κ3) is 3.80. The standard InChI is InChI=1S/C7H15N3O2/c1-3-5(6(8)11)4-10-7(12)9-2/h5H,3-4H2,1-2H3,(H2,8,11)(H2,9,10,12). The van der Waals surface area contributed by atoms with E-state index in [1.807, 2.05) is 6.92 Å². The van der Waals surface area contributed by atoms with Crippen molar-refractivity contribution in [1.29, 1.82) is 0 Å². The van der Waals surface area contributed by atoms with E-state index in [4.69, 9.17) is 5.73 Å². The van der Waals surface area contributed by atoms with Gasteiger partial charge in [0.15, 0.2) is 0 Å². The largest absolute Gasteiger partial charge is 0.369 e. The van der Waals surface area contributed by atoms with Crippen LogP contribution in [0.15, 0.2) is 0 Å². The maximum absolute atomic E-state index is 10.7. The lowest BCUT2D eigenvalue weighted by Crippen LogP contribution is -2.39. The van der Waals surface area contributed by atoms with Gasteiger partial charge in [0, 0.05) is 13.6 Å². The quantitative estimate of drug-likeness (QED) is 0.531. The first-order valence-corrected chi connectivity index (χ1v) is 3.86. The Balaban J connectivity index is 3.73. The highest BCUT2D eigenvalue weighted by Crippen LogP contribution is 1.98. The molecule has 0 aliphatic carbocycles. The minimum Gasteiger partial charge on any atom is -0.369 e. The third-order valence-electron chi connectivity index (χ3n) is 1.63. The molecule has 0 aromatic carbocycles. The molecule has 0 heterocycles. The lowest BCUT2D eigenvalue weighted by Gasteiger charge is -2.10. The number of hydrogen-bond acceptors (Lipinski definition) is 2. The van der Waals surface area contributed by atoms with Crippen molar-refractivity contribution in [3.8, 4) is 0 Å². The number of primary amides is 1. The number of nitrogens with one attached hydrogen (secondary N) is 2. The van der Waals surface area contributed by atoms with E-state index in [0.29, 0.717) is 13.0 Å². The molecule has 0 bridgehead atoms. The van der Waals surface area contributed by atoms with Crippen molar-refractivity contribution in [1.82, 2.24) is 10.6 Å². The van der Waals surface area contributed by atoms with Gasteiger partial charge in [-0.2, -0.15) is 0 Å². The van der Waals surface area contributed by atoms with Gasteiger partial charge in [-0.3, -0.25) is 4.79 Å². The highest BCUT2D eigenvalue weighted by atomic mass is 16.2. The fourth-order valence-electron chi connectivity index (χ4n) is 0.750. The molecule has 0 fully saturated rings. The van der Waals surface area contributed by atoms with Crippen LogP contribution < -0.4 is 16.4 Å². The van der Waals surface area contributed by atoms with Gasteiger partial charge >= 0.3 is 6.03 Å². The van der Waals surface area contributed by atoms with Crippen LogP contribution in [0.5, 0.6) is 0 Å². The molecule has 12 heavy (non-hydrogen) atoms. The van der Waals surface area contributed by atoms with E-state index in [9.17, 15) is 9.59 Å². The molecular formula is C7H15N3O2. The average molecular weight is 173 g/mol. The smallest absolute Gasteiger partial charge is 0.314 e. The van der Waals surface area contributed by atoms with Gasteiger partial charge in [0.1, 0.15) is 0 Å². The molecule has 0 radical (unpaired) electrons. The third-order valence-corrected chi connectivity index (χ3v) is 1.63.